The maximum Gasteiger partial charge on any atom is 0.281 e. The third-order valence-electron chi connectivity index (χ3n) is 11.0. The highest BCUT2D eigenvalue weighted by Crippen LogP contribution is 2.42. The Morgan fingerprint density at radius 1 is 0.833 bits per heavy atom. The number of unbranched alkanes of at least 4 members (excludes halogenated alkanes) is 1. The van der Waals surface area contributed by atoms with Crippen LogP contribution in [0.4, 0.5) is 0 Å². The van der Waals surface area contributed by atoms with Crippen molar-refractivity contribution in [2.45, 2.75) is 90.1 Å². The lowest BCUT2D eigenvalue weighted by Gasteiger charge is -2.54. The third-order valence-corrected chi connectivity index (χ3v) is 12.9. The number of benzene rings is 2. The molecule has 2 fully saturated rings. The topological polar surface area (TPSA) is 176 Å². The van der Waals surface area contributed by atoms with Crippen molar-refractivity contribution in [1.82, 2.24) is 18.8 Å². The summed E-state index contributed by atoms with van der Waals surface area (Å²) in [6.07, 6.45) is 4.28. The Bertz CT molecular complexity index is 1640. The molecule has 298 valence electrons. The van der Waals surface area contributed by atoms with Crippen LogP contribution < -0.4 is 16.8 Å². The molecule has 4 atom stereocenters. The summed E-state index contributed by atoms with van der Waals surface area (Å²) in [4.78, 5) is 57.4. The molecule has 2 heterocycles. The van der Waals surface area contributed by atoms with Crippen LogP contribution in [0.25, 0.3) is 0 Å². The van der Waals surface area contributed by atoms with Crippen molar-refractivity contribution in [2.75, 3.05) is 46.8 Å². The van der Waals surface area contributed by atoms with E-state index < -0.39 is 34.1 Å². The van der Waals surface area contributed by atoms with Gasteiger partial charge in [-0.25, -0.2) is 0 Å². The Labute approximate surface area is 322 Å². The first-order valence-electron chi connectivity index (χ1n) is 19.5. The summed E-state index contributed by atoms with van der Waals surface area (Å²) in [6.45, 7) is 6.35. The van der Waals surface area contributed by atoms with Crippen LogP contribution in [0, 0.1) is 23.2 Å². The molecule has 0 unspecified atom stereocenters. The fraction of sp³-hybridized carbons (Fsp3) is 0.610. The van der Waals surface area contributed by atoms with E-state index in [0.29, 0.717) is 77.7 Å². The summed E-state index contributed by atoms with van der Waals surface area (Å²) >= 11 is 0. The molecule has 2 aliphatic rings. The van der Waals surface area contributed by atoms with E-state index in [4.69, 9.17) is 11.5 Å². The average molecular weight is 767 g/mol. The Kier molecular flexibility index (Phi) is 15.9. The molecule has 0 bridgehead atoms. The standard InChI is InChI=1S/C41H62N6O6S/c1-30(2)23-36(44-39(50)34(24-31-13-7-5-8-14-31)27-37(48)35(43)25-32-15-9-6-10-16-32)38(49)26-33(17-11-12-20-42)40(51)46-28-41(29-46)18-21-47(22-19-41)54(52,53)45(3)4/h5-10,13-16,30,33-36H,11-12,17-29,42-43H2,1-4H3,(H,44,50)/t33-,34-,35+,36+/m0/s1. The maximum absolute atomic E-state index is 14.1. The molecule has 2 saturated heterocycles. The van der Waals surface area contributed by atoms with Crippen LogP contribution in [-0.4, -0.2) is 104 Å². The molecule has 0 aromatic heterocycles. The van der Waals surface area contributed by atoms with Crippen molar-refractivity contribution in [3.05, 3.63) is 71.8 Å². The smallest absolute Gasteiger partial charge is 0.281 e. The number of hydrogen-bond donors (Lipinski definition) is 3. The monoisotopic (exact) mass is 766 g/mol. The number of carbonyl (C=O) groups excluding carboxylic acids is 4. The number of hydrogen-bond acceptors (Lipinski definition) is 8. The highest BCUT2D eigenvalue weighted by molar-refractivity contribution is 7.86. The number of Topliss-reactive ketones (excluding diaryl/α,β-unsaturated/α-hetero) is 2. The Hall–Kier alpha value is -3.49. The van der Waals surface area contributed by atoms with Crippen molar-refractivity contribution in [3.8, 4) is 0 Å². The molecular formula is C41H62N6O6S. The van der Waals surface area contributed by atoms with Gasteiger partial charge >= 0.3 is 0 Å². The number of amides is 2. The molecular weight excluding hydrogens is 705 g/mol. The van der Waals surface area contributed by atoms with Gasteiger partial charge in [0, 0.05) is 70.4 Å². The second-order valence-corrected chi connectivity index (χ2v) is 18.2. The van der Waals surface area contributed by atoms with E-state index in [0.717, 1.165) is 17.5 Å². The van der Waals surface area contributed by atoms with Gasteiger partial charge in [-0.15, -0.1) is 0 Å². The summed E-state index contributed by atoms with van der Waals surface area (Å²) in [5, 5.41) is 3.02. The molecule has 4 rings (SSSR count). The first-order valence-corrected chi connectivity index (χ1v) is 20.9. The number of rotatable bonds is 21. The van der Waals surface area contributed by atoms with Crippen LogP contribution in [0.3, 0.4) is 0 Å². The van der Waals surface area contributed by atoms with Gasteiger partial charge in [0.1, 0.15) is 0 Å². The molecule has 2 aliphatic heterocycles. The number of piperidine rings is 1. The van der Waals surface area contributed by atoms with Crippen LogP contribution in [0.5, 0.6) is 0 Å². The lowest BCUT2D eigenvalue weighted by Crippen LogP contribution is -2.63. The van der Waals surface area contributed by atoms with Crippen molar-refractivity contribution < 1.29 is 27.6 Å². The van der Waals surface area contributed by atoms with E-state index in [-0.39, 0.29) is 47.6 Å². The molecule has 2 aromatic rings. The summed E-state index contributed by atoms with van der Waals surface area (Å²) in [6, 6.07) is 17.4. The second-order valence-electron chi connectivity index (χ2n) is 16.1. The largest absolute Gasteiger partial charge is 0.346 e. The summed E-state index contributed by atoms with van der Waals surface area (Å²) < 4.78 is 28.0. The fourth-order valence-corrected chi connectivity index (χ4v) is 8.82. The van der Waals surface area contributed by atoms with Crippen LogP contribution >= 0.6 is 0 Å². The normalized spacial score (nSPS) is 18.2. The van der Waals surface area contributed by atoms with E-state index in [9.17, 15) is 27.6 Å². The van der Waals surface area contributed by atoms with E-state index in [2.05, 4.69) is 5.32 Å². The third kappa shape index (κ3) is 12.0. The molecule has 5 N–H and O–H groups in total. The Balaban J connectivity index is 1.44. The van der Waals surface area contributed by atoms with E-state index >= 15 is 0 Å². The minimum absolute atomic E-state index is 0.0103. The zero-order valence-electron chi connectivity index (χ0n) is 32.6. The Morgan fingerprint density at radius 3 is 1.93 bits per heavy atom. The predicted octanol–water partition coefficient (Wildman–Crippen LogP) is 3.34. The quantitative estimate of drug-likeness (QED) is 0.162. The Morgan fingerprint density at radius 2 is 1.39 bits per heavy atom. The zero-order valence-corrected chi connectivity index (χ0v) is 33.4. The number of likely N-dealkylation sites (tertiary alicyclic amines) is 1. The summed E-state index contributed by atoms with van der Waals surface area (Å²) in [5.74, 6) is -2.09. The van der Waals surface area contributed by atoms with Gasteiger partial charge in [0.25, 0.3) is 10.2 Å². The van der Waals surface area contributed by atoms with Crippen LogP contribution in [0.2, 0.25) is 0 Å². The molecule has 1 spiro atoms. The van der Waals surface area contributed by atoms with Gasteiger partial charge in [0.05, 0.1) is 12.1 Å². The maximum atomic E-state index is 14.1. The van der Waals surface area contributed by atoms with E-state index in [1.807, 2.05) is 79.4 Å². The van der Waals surface area contributed by atoms with Gasteiger partial charge in [-0.2, -0.15) is 17.0 Å². The second kappa shape index (κ2) is 19.9. The van der Waals surface area contributed by atoms with Crippen molar-refractivity contribution >= 4 is 33.6 Å². The molecule has 13 heteroatoms. The average Bonchev–Trinajstić information content (AvgIpc) is 3.13. The molecule has 0 aliphatic carbocycles. The SMILES string of the molecule is CC(C)C[C@@H](NC(=O)[C@H](CC(=O)[C@H](N)Cc1ccccc1)Cc1ccccc1)C(=O)C[C@H](CCCCN)C(=O)N1CC2(CCN(S(=O)(=O)N(C)C)CC2)C1. The van der Waals surface area contributed by atoms with Crippen LogP contribution in [-0.2, 0) is 42.2 Å². The summed E-state index contributed by atoms with van der Waals surface area (Å²) in [7, 11) is -0.430. The predicted molar refractivity (Wildman–Crippen MR) is 211 cm³/mol. The molecule has 2 aromatic carbocycles. The number of nitrogens with zero attached hydrogens (tertiary/aromatic N) is 3. The van der Waals surface area contributed by atoms with Gasteiger partial charge in [-0.05, 0) is 68.5 Å². The minimum atomic E-state index is -3.49. The van der Waals surface area contributed by atoms with Crippen molar-refractivity contribution in [2.24, 2.45) is 34.6 Å². The van der Waals surface area contributed by atoms with Gasteiger partial charge in [-0.3, -0.25) is 19.2 Å². The fourth-order valence-electron chi connectivity index (χ4n) is 7.71. The number of nitrogens with one attached hydrogen (secondary N) is 1. The highest BCUT2D eigenvalue weighted by atomic mass is 32.2. The van der Waals surface area contributed by atoms with Gasteiger partial charge in [0.2, 0.25) is 11.8 Å². The molecule has 0 radical (unpaired) electrons. The van der Waals surface area contributed by atoms with Gasteiger partial charge in [0.15, 0.2) is 11.6 Å². The molecule has 12 nitrogen and oxygen atoms in total. The first-order chi connectivity index (χ1) is 25.6. The number of carbonyl (C=O) groups is 4. The van der Waals surface area contributed by atoms with E-state index in [1.165, 1.54) is 22.7 Å². The molecule has 2 amide bonds. The molecule has 0 saturated carbocycles. The lowest BCUT2D eigenvalue weighted by atomic mass is 9.71. The highest BCUT2D eigenvalue weighted by Gasteiger charge is 2.49. The van der Waals surface area contributed by atoms with E-state index in [1.54, 1.807) is 0 Å². The van der Waals surface area contributed by atoms with Crippen LogP contribution in [0.15, 0.2) is 60.7 Å². The van der Waals surface area contributed by atoms with Crippen molar-refractivity contribution in [1.29, 1.82) is 0 Å². The number of ketones is 2. The van der Waals surface area contributed by atoms with Crippen molar-refractivity contribution in [3.63, 3.8) is 0 Å². The lowest BCUT2D eigenvalue weighted by molar-refractivity contribution is -0.152. The first kappa shape index (κ1) is 43.2. The number of nitrogens with two attached hydrogens (primary N) is 2. The van der Waals surface area contributed by atoms with Crippen LogP contribution in [0.1, 0.15) is 76.3 Å². The summed E-state index contributed by atoms with van der Waals surface area (Å²) in [5.41, 5.74) is 13.9. The van der Waals surface area contributed by atoms with Gasteiger partial charge in [-0.1, -0.05) is 80.9 Å². The molecule has 54 heavy (non-hydrogen) atoms. The minimum Gasteiger partial charge on any atom is -0.346 e. The zero-order chi connectivity index (χ0) is 39.5. The van der Waals surface area contributed by atoms with Gasteiger partial charge < -0.3 is 21.7 Å².